The van der Waals surface area contributed by atoms with Gasteiger partial charge in [-0.05, 0) is 48.7 Å². The summed E-state index contributed by atoms with van der Waals surface area (Å²) in [5, 5.41) is 12.3. The van der Waals surface area contributed by atoms with Gasteiger partial charge in [0.1, 0.15) is 6.04 Å². The Bertz CT molecular complexity index is 1650. The largest absolute Gasteiger partial charge is 0.369 e. The van der Waals surface area contributed by atoms with Crippen LogP contribution in [-0.4, -0.2) is 81.8 Å². The van der Waals surface area contributed by atoms with Crippen LogP contribution in [0.5, 0.6) is 0 Å². The Morgan fingerprint density at radius 3 is 2.47 bits per heavy atom. The highest BCUT2D eigenvalue weighted by Crippen LogP contribution is 2.31. The Labute approximate surface area is 252 Å². The maximum atomic E-state index is 13.2. The first-order chi connectivity index (χ1) is 20.7. The number of imide groups is 2. The maximum absolute atomic E-state index is 13.2. The number of piperazine rings is 1. The summed E-state index contributed by atoms with van der Waals surface area (Å²) >= 11 is 6.52. The number of rotatable bonds is 7. The van der Waals surface area contributed by atoms with Crippen LogP contribution in [0.4, 0.5) is 11.5 Å². The third-order valence-electron chi connectivity index (χ3n) is 8.01. The van der Waals surface area contributed by atoms with E-state index in [0.717, 1.165) is 53.6 Å². The van der Waals surface area contributed by atoms with Gasteiger partial charge in [0.25, 0.3) is 11.8 Å². The number of piperidine rings is 1. The van der Waals surface area contributed by atoms with E-state index in [2.05, 4.69) is 30.6 Å². The molecule has 6 rings (SSSR count). The van der Waals surface area contributed by atoms with E-state index in [1.807, 2.05) is 31.2 Å². The highest BCUT2D eigenvalue weighted by molar-refractivity contribution is 6.31. The molecule has 12 nitrogen and oxygen atoms in total. The normalized spacial score (nSPS) is 19.1. The van der Waals surface area contributed by atoms with E-state index in [0.29, 0.717) is 17.4 Å². The molecule has 0 aliphatic carbocycles. The van der Waals surface area contributed by atoms with Crippen LogP contribution in [0.2, 0.25) is 5.02 Å². The van der Waals surface area contributed by atoms with Crippen LogP contribution in [0.3, 0.4) is 0 Å². The summed E-state index contributed by atoms with van der Waals surface area (Å²) in [4.78, 5) is 67.9. The van der Waals surface area contributed by atoms with Crippen molar-refractivity contribution in [3.8, 4) is 0 Å². The van der Waals surface area contributed by atoms with Crippen molar-refractivity contribution in [2.45, 2.75) is 38.8 Å². The van der Waals surface area contributed by atoms with Gasteiger partial charge in [0, 0.05) is 61.6 Å². The smallest absolute Gasteiger partial charge is 0.262 e. The summed E-state index contributed by atoms with van der Waals surface area (Å²) in [7, 11) is 0. The number of amides is 5. The van der Waals surface area contributed by atoms with Crippen molar-refractivity contribution in [1.82, 2.24) is 25.3 Å². The van der Waals surface area contributed by atoms with Crippen LogP contribution in [0.1, 0.15) is 50.4 Å². The Morgan fingerprint density at radius 1 is 1.00 bits per heavy atom. The average Bonchev–Trinajstić information content (AvgIpc) is 3.49. The molecule has 43 heavy (non-hydrogen) atoms. The number of hydrogen-bond donors (Lipinski definition) is 3. The van der Waals surface area contributed by atoms with E-state index < -0.39 is 29.7 Å². The highest BCUT2D eigenvalue weighted by Gasteiger charge is 2.44. The van der Waals surface area contributed by atoms with Gasteiger partial charge in [-0.3, -0.25) is 44.2 Å². The van der Waals surface area contributed by atoms with E-state index in [4.69, 9.17) is 11.6 Å². The predicted molar refractivity (Wildman–Crippen MR) is 158 cm³/mol. The molecule has 3 aromatic rings. The third kappa shape index (κ3) is 5.88. The van der Waals surface area contributed by atoms with Gasteiger partial charge >= 0.3 is 0 Å². The molecule has 0 radical (unpaired) electrons. The number of aryl methyl sites for hydroxylation is 1. The van der Waals surface area contributed by atoms with E-state index in [9.17, 15) is 24.0 Å². The fraction of sp³-hybridized carbons (Fsp3) is 0.333. The maximum Gasteiger partial charge on any atom is 0.262 e. The Kier molecular flexibility index (Phi) is 7.72. The van der Waals surface area contributed by atoms with E-state index in [1.165, 1.54) is 0 Å². The van der Waals surface area contributed by atoms with Gasteiger partial charge in [-0.1, -0.05) is 23.7 Å². The van der Waals surface area contributed by atoms with Gasteiger partial charge in [0.15, 0.2) is 5.82 Å². The lowest BCUT2D eigenvalue weighted by Crippen LogP contribution is -2.54. The Morgan fingerprint density at radius 2 is 1.77 bits per heavy atom. The number of nitrogens with one attached hydrogen (secondary N) is 3. The Balaban J connectivity index is 1.04. The van der Waals surface area contributed by atoms with Crippen LogP contribution in [0.15, 0.2) is 42.5 Å². The van der Waals surface area contributed by atoms with Crippen molar-refractivity contribution >= 4 is 52.6 Å². The zero-order valence-corrected chi connectivity index (χ0v) is 24.2. The topological polar surface area (TPSA) is 148 Å². The lowest BCUT2D eigenvalue weighted by Gasteiger charge is -2.36. The summed E-state index contributed by atoms with van der Waals surface area (Å²) in [5.74, 6) is -1.76. The molecule has 0 bridgehead atoms. The zero-order chi connectivity index (χ0) is 30.2. The van der Waals surface area contributed by atoms with Gasteiger partial charge < -0.3 is 10.2 Å². The highest BCUT2D eigenvalue weighted by atomic mass is 35.5. The molecule has 0 spiro atoms. The van der Waals surface area contributed by atoms with E-state index >= 15 is 0 Å². The molecule has 1 unspecified atom stereocenters. The molecule has 3 N–H and O–H groups in total. The van der Waals surface area contributed by atoms with Gasteiger partial charge in [0.05, 0.1) is 17.5 Å². The summed E-state index contributed by atoms with van der Waals surface area (Å²) in [6.45, 7) is 5.54. The van der Waals surface area contributed by atoms with Gasteiger partial charge in [-0.2, -0.15) is 5.10 Å². The summed E-state index contributed by atoms with van der Waals surface area (Å²) in [5.41, 5.74) is 4.02. The first-order valence-electron chi connectivity index (χ1n) is 14.1. The van der Waals surface area contributed by atoms with Crippen LogP contribution in [0.25, 0.3) is 0 Å². The number of H-pyrrole nitrogens is 1. The second kappa shape index (κ2) is 11.6. The number of halogens is 1. The van der Waals surface area contributed by atoms with E-state index in [-0.39, 0.29) is 36.3 Å². The molecule has 3 aliphatic rings. The van der Waals surface area contributed by atoms with Crippen molar-refractivity contribution < 1.29 is 24.0 Å². The molecular weight excluding hydrogens is 574 g/mol. The predicted octanol–water partition coefficient (Wildman–Crippen LogP) is 2.28. The van der Waals surface area contributed by atoms with Crippen molar-refractivity contribution in [3.63, 3.8) is 0 Å². The number of aromatic amines is 1. The molecule has 2 aromatic carbocycles. The molecule has 4 heterocycles. The minimum atomic E-state index is -0.983. The number of aromatic nitrogens is 2. The second-order valence-electron chi connectivity index (χ2n) is 11.0. The van der Waals surface area contributed by atoms with Crippen molar-refractivity contribution in [3.05, 3.63) is 75.4 Å². The van der Waals surface area contributed by atoms with Gasteiger partial charge in [-0.15, -0.1) is 0 Å². The SMILES string of the molecule is Cc1cc(NC(=O)Cc2ccc(CN3CCN(c4ccc5c(c4)C(=O)N(C4CCC(=O)NC4=O)C5=O)CC3)cc2Cl)n[nH]1. The van der Waals surface area contributed by atoms with Crippen LogP contribution >= 0.6 is 11.6 Å². The fourth-order valence-corrected chi connectivity index (χ4v) is 6.02. The molecule has 2 fully saturated rings. The minimum Gasteiger partial charge on any atom is -0.369 e. The lowest BCUT2D eigenvalue weighted by atomic mass is 10.0. The first kappa shape index (κ1) is 28.6. The number of carbonyl (C=O) groups excluding carboxylic acids is 5. The molecule has 5 amide bonds. The first-order valence-corrected chi connectivity index (χ1v) is 14.5. The standard InChI is InChI=1S/C30H30ClN7O5/c1-17-12-25(35-34-17)32-27(40)14-19-3-2-18(13-23(19)31)16-36-8-10-37(11-9-36)20-4-5-21-22(15-20)30(43)38(29(21)42)24-6-7-26(39)33-28(24)41/h2-5,12-13,15,24H,6-11,14,16H2,1H3,(H,33,39,41)(H2,32,34,35,40). The van der Waals surface area contributed by atoms with Crippen LogP contribution in [0, 0.1) is 6.92 Å². The van der Waals surface area contributed by atoms with Crippen molar-refractivity contribution in [1.29, 1.82) is 0 Å². The molecule has 1 atom stereocenters. The molecular formula is C30H30ClN7O5. The molecule has 13 heteroatoms. The fourth-order valence-electron chi connectivity index (χ4n) is 5.75. The number of carbonyl (C=O) groups is 5. The Hall–Kier alpha value is -4.55. The number of hydrogen-bond acceptors (Lipinski definition) is 8. The van der Waals surface area contributed by atoms with Gasteiger partial charge in [0.2, 0.25) is 17.7 Å². The number of benzene rings is 2. The third-order valence-corrected chi connectivity index (χ3v) is 8.36. The average molecular weight is 604 g/mol. The summed E-state index contributed by atoms with van der Waals surface area (Å²) in [6.07, 6.45) is 0.350. The molecule has 0 saturated carbocycles. The number of fused-ring (bicyclic) bond motifs is 1. The van der Waals surface area contributed by atoms with Crippen LogP contribution in [-0.2, 0) is 27.3 Å². The monoisotopic (exact) mass is 603 g/mol. The lowest BCUT2D eigenvalue weighted by molar-refractivity contribution is -0.136. The molecule has 222 valence electrons. The van der Waals surface area contributed by atoms with E-state index in [1.54, 1.807) is 18.2 Å². The number of nitrogens with zero attached hydrogens (tertiary/aromatic N) is 4. The molecule has 3 aliphatic heterocycles. The summed E-state index contributed by atoms with van der Waals surface area (Å²) < 4.78 is 0. The quantitative estimate of drug-likeness (QED) is 0.349. The van der Waals surface area contributed by atoms with Crippen LogP contribution < -0.4 is 15.5 Å². The van der Waals surface area contributed by atoms with Crippen molar-refractivity contribution in [2.75, 3.05) is 36.4 Å². The molecule has 2 saturated heterocycles. The molecule has 1 aromatic heterocycles. The minimum absolute atomic E-state index is 0.0825. The van der Waals surface area contributed by atoms with Gasteiger partial charge in [-0.25, -0.2) is 0 Å². The number of anilines is 2. The zero-order valence-electron chi connectivity index (χ0n) is 23.5. The summed E-state index contributed by atoms with van der Waals surface area (Å²) in [6, 6.07) is 11.7. The van der Waals surface area contributed by atoms with Crippen molar-refractivity contribution in [2.24, 2.45) is 0 Å². The second-order valence-corrected chi connectivity index (χ2v) is 11.4.